The van der Waals surface area contributed by atoms with E-state index in [1.54, 1.807) is 24.3 Å². The van der Waals surface area contributed by atoms with Crippen LogP contribution in [0.15, 0.2) is 58.3 Å². The Morgan fingerprint density at radius 3 is 2.40 bits per heavy atom. The molecule has 0 aromatic heterocycles. The highest BCUT2D eigenvalue weighted by Crippen LogP contribution is 2.22. The second-order valence-corrected chi connectivity index (χ2v) is 8.86. The third-order valence-electron chi connectivity index (χ3n) is 3.66. The molecule has 0 saturated heterocycles. The highest BCUT2D eigenvalue weighted by molar-refractivity contribution is 8.00. The summed E-state index contributed by atoms with van der Waals surface area (Å²) < 4.78 is 25.9. The molecule has 0 heterocycles. The summed E-state index contributed by atoms with van der Waals surface area (Å²) >= 11 is 1.47. The fraction of sp³-hybridized carbons (Fsp3) is 0.278. The van der Waals surface area contributed by atoms with Crippen molar-refractivity contribution in [2.75, 3.05) is 19.8 Å². The lowest BCUT2D eigenvalue weighted by atomic mass is 10.2. The maximum atomic E-state index is 12.4. The Labute approximate surface area is 153 Å². The van der Waals surface area contributed by atoms with E-state index in [0.29, 0.717) is 5.56 Å². The maximum Gasteiger partial charge on any atom is 0.242 e. The number of amides is 1. The smallest absolute Gasteiger partial charge is 0.242 e. The molecule has 0 unspecified atom stereocenters. The summed E-state index contributed by atoms with van der Waals surface area (Å²) in [5, 5.41) is 2.80. The molecule has 25 heavy (non-hydrogen) atoms. The summed E-state index contributed by atoms with van der Waals surface area (Å²) in [5.41, 5.74) is 1.70. The van der Waals surface area contributed by atoms with E-state index >= 15 is 0 Å². The lowest BCUT2D eigenvalue weighted by Crippen LogP contribution is -2.27. The summed E-state index contributed by atoms with van der Waals surface area (Å²) in [6.07, 6.45) is 0. The average molecular weight is 379 g/mol. The number of rotatable bonds is 7. The molecule has 0 saturated carbocycles. The molecule has 0 spiro atoms. The fourth-order valence-corrected chi connectivity index (χ4v) is 4.18. The highest BCUT2D eigenvalue weighted by Gasteiger charge is 2.20. The number of thioether (sulfide) groups is 1. The van der Waals surface area contributed by atoms with Gasteiger partial charge in [0.2, 0.25) is 15.9 Å². The minimum absolute atomic E-state index is 0.134. The van der Waals surface area contributed by atoms with Crippen molar-refractivity contribution in [3.8, 4) is 0 Å². The van der Waals surface area contributed by atoms with Gasteiger partial charge in [0.25, 0.3) is 0 Å². The molecule has 134 valence electrons. The number of carbonyl (C=O) groups excluding carboxylic acids is 1. The molecule has 0 bridgehead atoms. The number of benzene rings is 2. The van der Waals surface area contributed by atoms with Crippen molar-refractivity contribution in [1.82, 2.24) is 9.62 Å². The van der Waals surface area contributed by atoms with Crippen LogP contribution in [0.4, 0.5) is 0 Å². The third kappa shape index (κ3) is 5.07. The van der Waals surface area contributed by atoms with Crippen molar-refractivity contribution in [3.05, 3.63) is 59.7 Å². The van der Waals surface area contributed by atoms with Crippen LogP contribution in [-0.2, 0) is 21.4 Å². The molecule has 2 aromatic carbocycles. The zero-order chi connectivity index (χ0) is 18.4. The maximum absolute atomic E-state index is 12.4. The highest BCUT2D eigenvalue weighted by atomic mass is 32.2. The minimum Gasteiger partial charge on any atom is -0.351 e. The van der Waals surface area contributed by atoms with Crippen LogP contribution in [0, 0.1) is 6.92 Å². The zero-order valence-electron chi connectivity index (χ0n) is 14.5. The number of aryl methyl sites for hydroxylation is 1. The zero-order valence-corrected chi connectivity index (χ0v) is 16.2. The second-order valence-electron chi connectivity index (χ2n) is 5.73. The summed E-state index contributed by atoms with van der Waals surface area (Å²) in [6.45, 7) is 2.18. The van der Waals surface area contributed by atoms with Crippen molar-refractivity contribution < 1.29 is 13.2 Å². The Morgan fingerprint density at radius 1 is 1.08 bits per heavy atom. The quantitative estimate of drug-likeness (QED) is 0.752. The van der Waals surface area contributed by atoms with Crippen LogP contribution in [-0.4, -0.2) is 38.5 Å². The average Bonchev–Trinajstić information content (AvgIpc) is 2.59. The molecule has 0 radical (unpaired) electrons. The first-order valence-electron chi connectivity index (χ1n) is 7.78. The van der Waals surface area contributed by atoms with Crippen molar-refractivity contribution in [3.63, 3.8) is 0 Å². The van der Waals surface area contributed by atoms with Crippen LogP contribution in [0.2, 0.25) is 0 Å². The molecular weight excluding hydrogens is 356 g/mol. The van der Waals surface area contributed by atoms with Crippen molar-refractivity contribution in [1.29, 1.82) is 0 Å². The fourth-order valence-electron chi connectivity index (χ4n) is 2.20. The molecule has 0 aliphatic heterocycles. The molecule has 1 N–H and O–H groups in total. The lowest BCUT2D eigenvalue weighted by molar-refractivity contribution is -0.118. The Morgan fingerprint density at radius 2 is 1.72 bits per heavy atom. The first-order valence-corrected chi connectivity index (χ1v) is 10.2. The molecule has 0 aliphatic carbocycles. The van der Waals surface area contributed by atoms with Gasteiger partial charge in [0.1, 0.15) is 0 Å². The minimum atomic E-state index is -3.54. The van der Waals surface area contributed by atoms with Gasteiger partial charge < -0.3 is 5.32 Å². The third-order valence-corrected chi connectivity index (χ3v) is 6.75. The number of sulfonamides is 1. The van der Waals surface area contributed by atoms with Gasteiger partial charge in [0.15, 0.2) is 0 Å². The molecular formula is C18H22N2O3S2. The van der Waals surface area contributed by atoms with E-state index in [1.807, 2.05) is 31.2 Å². The Hall–Kier alpha value is -1.83. The normalized spacial score (nSPS) is 11.5. The molecule has 7 heteroatoms. The van der Waals surface area contributed by atoms with E-state index in [2.05, 4.69) is 5.32 Å². The molecule has 0 atom stereocenters. The summed E-state index contributed by atoms with van der Waals surface area (Å²) in [5.74, 6) is 0.151. The topological polar surface area (TPSA) is 66.5 Å². The monoisotopic (exact) mass is 378 g/mol. The van der Waals surface area contributed by atoms with Crippen molar-refractivity contribution in [2.45, 2.75) is 23.3 Å². The predicted molar refractivity (Wildman–Crippen MR) is 101 cm³/mol. The van der Waals surface area contributed by atoms with Gasteiger partial charge >= 0.3 is 0 Å². The van der Waals surface area contributed by atoms with Gasteiger partial charge in [-0.15, -0.1) is 11.8 Å². The first-order chi connectivity index (χ1) is 11.8. The van der Waals surface area contributed by atoms with Gasteiger partial charge in [-0.3, -0.25) is 4.79 Å². The molecule has 0 aliphatic rings. The van der Waals surface area contributed by atoms with Gasteiger partial charge in [-0.25, -0.2) is 12.7 Å². The molecule has 2 aromatic rings. The standard InChI is InChI=1S/C18H22N2O3S2/c1-14-8-4-6-10-16(14)24-13-18(21)19-12-15-9-5-7-11-17(15)25(22,23)20(2)3/h4-11H,12-13H2,1-3H3,(H,19,21). The molecule has 0 fully saturated rings. The summed E-state index contributed by atoms with van der Waals surface area (Å²) in [7, 11) is -0.560. The van der Waals surface area contributed by atoms with Crippen molar-refractivity contribution >= 4 is 27.7 Å². The van der Waals surface area contributed by atoms with Gasteiger partial charge in [-0.1, -0.05) is 36.4 Å². The van der Waals surface area contributed by atoms with E-state index < -0.39 is 10.0 Å². The van der Waals surface area contributed by atoms with E-state index in [-0.39, 0.29) is 23.1 Å². The van der Waals surface area contributed by atoms with Gasteiger partial charge in [-0.05, 0) is 30.2 Å². The SMILES string of the molecule is Cc1ccccc1SCC(=O)NCc1ccccc1S(=O)(=O)N(C)C. The van der Waals surface area contributed by atoms with E-state index in [4.69, 9.17) is 0 Å². The van der Waals surface area contributed by atoms with Crippen LogP contribution in [0.1, 0.15) is 11.1 Å². The number of hydrogen-bond acceptors (Lipinski definition) is 4. The predicted octanol–water partition coefficient (Wildman–Crippen LogP) is 2.65. The van der Waals surface area contributed by atoms with Gasteiger partial charge in [0, 0.05) is 25.5 Å². The van der Waals surface area contributed by atoms with Gasteiger partial charge in [0.05, 0.1) is 10.6 Å². The van der Waals surface area contributed by atoms with E-state index in [0.717, 1.165) is 10.5 Å². The van der Waals surface area contributed by atoms with Crippen LogP contribution in [0.5, 0.6) is 0 Å². The van der Waals surface area contributed by atoms with E-state index in [9.17, 15) is 13.2 Å². The Balaban J connectivity index is 2.00. The summed E-state index contributed by atoms with van der Waals surface area (Å²) in [6, 6.07) is 14.6. The number of nitrogens with zero attached hydrogens (tertiary/aromatic N) is 1. The number of nitrogens with one attached hydrogen (secondary N) is 1. The van der Waals surface area contributed by atoms with Crippen LogP contribution in [0.25, 0.3) is 0 Å². The van der Waals surface area contributed by atoms with Crippen LogP contribution in [0.3, 0.4) is 0 Å². The first kappa shape index (κ1) is 19.5. The number of carbonyl (C=O) groups is 1. The van der Waals surface area contributed by atoms with Crippen LogP contribution >= 0.6 is 11.8 Å². The van der Waals surface area contributed by atoms with Crippen molar-refractivity contribution in [2.24, 2.45) is 0 Å². The largest absolute Gasteiger partial charge is 0.351 e. The lowest BCUT2D eigenvalue weighted by Gasteiger charge is -2.15. The second kappa shape index (κ2) is 8.51. The molecule has 1 amide bonds. The van der Waals surface area contributed by atoms with Gasteiger partial charge in [-0.2, -0.15) is 0 Å². The van der Waals surface area contributed by atoms with Crippen LogP contribution < -0.4 is 5.32 Å². The molecule has 5 nitrogen and oxygen atoms in total. The summed E-state index contributed by atoms with van der Waals surface area (Å²) in [4.78, 5) is 13.4. The number of hydrogen-bond donors (Lipinski definition) is 1. The molecule has 2 rings (SSSR count). The Kier molecular flexibility index (Phi) is 6.64. The Bertz CT molecular complexity index is 849. The van der Waals surface area contributed by atoms with E-state index in [1.165, 1.54) is 30.2 Å².